The number of nitrogens with zero attached hydrogens (tertiary/aromatic N) is 3. The SMILES string of the molecule is CC.CC(=O)N1CCc2c(c3cccc4c3n2CC(=O)N4C)C1.CCc1ccccc1. The van der Waals surface area contributed by atoms with E-state index in [1.807, 2.05) is 44.0 Å². The zero-order valence-electron chi connectivity index (χ0n) is 19.3. The number of aromatic nitrogens is 1. The Hall–Kier alpha value is -3.08. The van der Waals surface area contributed by atoms with E-state index in [1.54, 1.807) is 11.8 Å². The van der Waals surface area contributed by atoms with Crippen LogP contribution in [0.2, 0.25) is 0 Å². The Balaban J connectivity index is 0.000000230. The first kappa shape index (κ1) is 22.6. The maximum absolute atomic E-state index is 12.2. The largest absolute Gasteiger partial charge is 0.338 e. The van der Waals surface area contributed by atoms with Crippen molar-refractivity contribution in [1.29, 1.82) is 0 Å². The van der Waals surface area contributed by atoms with Crippen molar-refractivity contribution in [3.05, 3.63) is 65.4 Å². The van der Waals surface area contributed by atoms with Gasteiger partial charge < -0.3 is 14.4 Å². The lowest BCUT2D eigenvalue weighted by atomic mass is 10.0. The van der Waals surface area contributed by atoms with E-state index in [4.69, 9.17) is 0 Å². The molecule has 164 valence electrons. The number of aryl methyl sites for hydroxylation is 1. The average molecular weight is 420 g/mol. The Morgan fingerprint density at radius 1 is 1.00 bits per heavy atom. The average Bonchev–Trinajstić information content (AvgIpc) is 3.13. The number of benzene rings is 2. The van der Waals surface area contributed by atoms with E-state index < -0.39 is 0 Å². The van der Waals surface area contributed by atoms with Crippen molar-refractivity contribution in [2.45, 2.75) is 53.6 Å². The second-order valence-corrected chi connectivity index (χ2v) is 7.67. The summed E-state index contributed by atoms with van der Waals surface area (Å²) in [6.45, 7) is 9.56. The Labute approximate surface area is 185 Å². The van der Waals surface area contributed by atoms with Crippen molar-refractivity contribution in [1.82, 2.24) is 9.47 Å². The van der Waals surface area contributed by atoms with Crippen molar-refractivity contribution in [2.24, 2.45) is 0 Å². The molecule has 0 fully saturated rings. The Morgan fingerprint density at radius 3 is 2.32 bits per heavy atom. The van der Waals surface area contributed by atoms with Crippen molar-refractivity contribution < 1.29 is 9.59 Å². The van der Waals surface area contributed by atoms with Crippen molar-refractivity contribution in [3.63, 3.8) is 0 Å². The van der Waals surface area contributed by atoms with Crippen LogP contribution < -0.4 is 4.90 Å². The van der Waals surface area contributed by atoms with Crippen molar-refractivity contribution in [3.8, 4) is 0 Å². The number of fused-ring (bicyclic) bond motifs is 3. The number of hydrogen-bond acceptors (Lipinski definition) is 2. The number of amides is 2. The van der Waals surface area contributed by atoms with Gasteiger partial charge in [-0.2, -0.15) is 0 Å². The van der Waals surface area contributed by atoms with E-state index in [0.717, 1.165) is 30.6 Å². The molecule has 0 unspecified atom stereocenters. The van der Waals surface area contributed by atoms with E-state index in [0.29, 0.717) is 13.1 Å². The molecule has 5 heteroatoms. The monoisotopic (exact) mass is 419 g/mol. The number of para-hydroxylation sites is 1. The maximum atomic E-state index is 12.2. The summed E-state index contributed by atoms with van der Waals surface area (Å²) >= 11 is 0. The molecule has 5 nitrogen and oxygen atoms in total. The van der Waals surface area contributed by atoms with Crippen LogP contribution in [0.15, 0.2) is 48.5 Å². The third-order valence-corrected chi connectivity index (χ3v) is 5.98. The molecule has 2 aliphatic heterocycles. The van der Waals surface area contributed by atoms with Gasteiger partial charge in [-0.3, -0.25) is 9.59 Å². The topological polar surface area (TPSA) is 45.6 Å². The van der Waals surface area contributed by atoms with Gasteiger partial charge in [0, 0.05) is 50.1 Å². The minimum Gasteiger partial charge on any atom is -0.338 e. The van der Waals surface area contributed by atoms with Gasteiger partial charge in [0.15, 0.2) is 0 Å². The molecule has 0 bridgehead atoms. The summed E-state index contributed by atoms with van der Waals surface area (Å²) in [6, 6.07) is 16.5. The minimum atomic E-state index is 0.112. The molecule has 5 rings (SSSR count). The summed E-state index contributed by atoms with van der Waals surface area (Å²) in [4.78, 5) is 27.5. The van der Waals surface area contributed by atoms with E-state index in [-0.39, 0.29) is 11.8 Å². The number of anilines is 1. The summed E-state index contributed by atoms with van der Waals surface area (Å²) in [6.07, 6.45) is 1.96. The van der Waals surface area contributed by atoms with Crippen LogP contribution in [0.5, 0.6) is 0 Å². The molecule has 31 heavy (non-hydrogen) atoms. The van der Waals surface area contributed by atoms with Crippen LogP contribution in [0, 0.1) is 0 Å². The molecule has 0 aliphatic carbocycles. The molecule has 3 aromatic rings. The van der Waals surface area contributed by atoms with E-state index >= 15 is 0 Å². The normalized spacial score (nSPS) is 14.3. The maximum Gasteiger partial charge on any atom is 0.246 e. The fourth-order valence-corrected chi connectivity index (χ4v) is 4.29. The summed E-state index contributed by atoms with van der Waals surface area (Å²) in [5.41, 5.74) is 5.93. The van der Waals surface area contributed by atoms with E-state index in [1.165, 1.54) is 22.2 Å². The van der Waals surface area contributed by atoms with Gasteiger partial charge >= 0.3 is 0 Å². The standard InChI is InChI=1S/C16H17N3O2.C8H10.C2H6/c1-10(20)18-7-6-13-12(8-18)11-4-3-5-14-16(11)19(13)9-15(21)17(14)2;1-2-8-6-4-3-5-7-8;1-2/h3-5H,6-9H2,1-2H3;3-7H,2H2,1H3;1-2H3. The lowest BCUT2D eigenvalue weighted by molar-refractivity contribution is -0.129. The molecule has 1 aromatic heterocycles. The smallest absolute Gasteiger partial charge is 0.246 e. The number of carbonyl (C=O) groups is 2. The van der Waals surface area contributed by atoms with Crippen LogP contribution in [-0.2, 0) is 35.5 Å². The molecule has 2 amide bonds. The molecule has 2 aliphatic rings. The second kappa shape index (κ2) is 9.82. The molecule has 0 atom stereocenters. The summed E-state index contributed by atoms with van der Waals surface area (Å²) < 4.78 is 2.15. The first-order valence-corrected chi connectivity index (χ1v) is 11.2. The predicted molar refractivity (Wildman–Crippen MR) is 127 cm³/mol. The van der Waals surface area contributed by atoms with Gasteiger partial charge in [0.2, 0.25) is 11.8 Å². The van der Waals surface area contributed by atoms with Crippen LogP contribution >= 0.6 is 0 Å². The predicted octanol–water partition coefficient (Wildman–Crippen LogP) is 4.80. The molecular formula is C26H33N3O2. The Kier molecular flexibility index (Phi) is 7.16. The zero-order valence-corrected chi connectivity index (χ0v) is 19.3. The first-order chi connectivity index (χ1) is 15.0. The molecule has 2 aromatic carbocycles. The third kappa shape index (κ3) is 4.36. The highest BCUT2D eigenvalue weighted by Gasteiger charge is 2.31. The van der Waals surface area contributed by atoms with Gasteiger partial charge in [0.05, 0.1) is 11.2 Å². The van der Waals surface area contributed by atoms with Gasteiger partial charge in [-0.25, -0.2) is 0 Å². The van der Waals surface area contributed by atoms with Crippen molar-refractivity contribution >= 4 is 28.4 Å². The fraction of sp³-hybridized carbons (Fsp3) is 0.385. The summed E-state index contributed by atoms with van der Waals surface area (Å²) in [5.74, 6) is 0.225. The van der Waals surface area contributed by atoms with Gasteiger partial charge in [0.25, 0.3) is 0 Å². The van der Waals surface area contributed by atoms with Gasteiger partial charge in [-0.1, -0.05) is 63.2 Å². The summed E-state index contributed by atoms with van der Waals surface area (Å²) in [7, 11) is 1.83. The van der Waals surface area contributed by atoms with Gasteiger partial charge in [-0.15, -0.1) is 0 Å². The lowest BCUT2D eigenvalue weighted by Gasteiger charge is -2.28. The highest BCUT2D eigenvalue weighted by molar-refractivity contribution is 6.07. The lowest BCUT2D eigenvalue weighted by Crippen LogP contribution is -2.37. The molecule has 0 spiro atoms. The molecule has 0 saturated carbocycles. The summed E-state index contributed by atoms with van der Waals surface area (Å²) in [5, 5.41) is 1.17. The molecule has 0 N–H and O–H groups in total. The number of hydrogen-bond donors (Lipinski definition) is 0. The Morgan fingerprint density at radius 2 is 1.71 bits per heavy atom. The van der Waals surface area contributed by atoms with Crippen molar-refractivity contribution in [2.75, 3.05) is 18.5 Å². The Bertz CT molecular complexity index is 1070. The number of rotatable bonds is 1. The highest BCUT2D eigenvalue weighted by atomic mass is 16.2. The van der Waals surface area contributed by atoms with Gasteiger partial charge in [-0.05, 0) is 18.1 Å². The quantitative estimate of drug-likeness (QED) is 0.569. The number of carbonyl (C=O) groups excluding carboxylic acids is 2. The van der Waals surface area contributed by atoms with E-state index in [2.05, 4.69) is 41.8 Å². The highest BCUT2D eigenvalue weighted by Crippen LogP contribution is 2.38. The van der Waals surface area contributed by atoms with Crippen LogP contribution in [0.25, 0.3) is 10.9 Å². The fourth-order valence-electron chi connectivity index (χ4n) is 4.29. The third-order valence-electron chi connectivity index (χ3n) is 5.98. The van der Waals surface area contributed by atoms with E-state index in [9.17, 15) is 9.59 Å². The molecule has 3 heterocycles. The van der Waals surface area contributed by atoms with Crippen LogP contribution in [0.3, 0.4) is 0 Å². The van der Waals surface area contributed by atoms with Crippen LogP contribution in [0.4, 0.5) is 5.69 Å². The number of likely N-dealkylation sites (N-methyl/N-ethyl adjacent to an activating group) is 1. The second-order valence-electron chi connectivity index (χ2n) is 7.67. The molecular weight excluding hydrogens is 386 g/mol. The minimum absolute atomic E-state index is 0.112. The first-order valence-electron chi connectivity index (χ1n) is 11.2. The van der Waals surface area contributed by atoms with Gasteiger partial charge in [0.1, 0.15) is 6.54 Å². The van der Waals surface area contributed by atoms with Crippen LogP contribution in [-0.4, -0.2) is 34.9 Å². The zero-order chi connectivity index (χ0) is 22.5. The van der Waals surface area contributed by atoms with Crippen LogP contribution in [0.1, 0.15) is 44.5 Å². The molecule has 0 radical (unpaired) electrons. The molecule has 0 saturated heterocycles.